The van der Waals surface area contributed by atoms with Crippen LogP contribution in [0.3, 0.4) is 0 Å². The minimum absolute atomic E-state index is 0.610. The Balaban J connectivity index is 1.73. The summed E-state index contributed by atoms with van der Waals surface area (Å²) in [5.74, 6) is 1.83. The average Bonchev–Trinajstić information content (AvgIpc) is 2.55. The van der Waals surface area contributed by atoms with Gasteiger partial charge >= 0.3 is 0 Å². The van der Waals surface area contributed by atoms with Crippen molar-refractivity contribution >= 4 is 0 Å². The fraction of sp³-hybridized carbons (Fsp3) is 0.667. The summed E-state index contributed by atoms with van der Waals surface area (Å²) in [5, 5.41) is 3.71. The van der Waals surface area contributed by atoms with Gasteiger partial charge in [-0.2, -0.15) is 0 Å². The Kier molecular flexibility index (Phi) is 6.52. The summed E-state index contributed by atoms with van der Waals surface area (Å²) in [7, 11) is 1.75. The summed E-state index contributed by atoms with van der Waals surface area (Å²) in [5.41, 5.74) is 1.29. The standard InChI is InChI=1S/C18H30N2O/c1-4-20-13-10-16(11-14-20)15(2)19-12-9-17-7-5-6-8-18(17)21-3/h5-8,15-16,19H,4,9-14H2,1-3H3. The molecule has 0 bridgehead atoms. The van der Waals surface area contributed by atoms with Crippen molar-refractivity contribution in [3.8, 4) is 5.75 Å². The molecular weight excluding hydrogens is 260 g/mol. The Morgan fingerprint density at radius 3 is 2.67 bits per heavy atom. The van der Waals surface area contributed by atoms with Gasteiger partial charge in [-0.1, -0.05) is 25.1 Å². The molecule has 0 aromatic heterocycles. The molecule has 1 heterocycles. The molecule has 0 radical (unpaired) electrons. The molecule has 0 spiro atoms. The monoisotopic (exact) mass is 290 g/mol. The van der Waals surface area contributed by atoms with E-state index < -0.39 is 0 Å². The molecule has 1 atom stereocenters. The van der Waals surface area contributed by atoms with Crippen molar-refractivity contribution in [2.75, 3.05) is 33.3 Å². The van der Waals surface area contributed by atoms with E-state index in [1.165, 1.54) is 38.0 Å². The molecule has 0 aliphatic carbocycles. The van der Waals surface area contributed by atoms with Crippen LogP contribution in [0.15, 0.2) is 24.3 Å². The summed E-state index contributed by atoms with van der Waals surface area (Å²) >= 11 is 0. The molecule has 3 nitrogen and oxygen atoms in total. The topological polar surface area (TPSA) is 24.5 Å². The number of hydrogen-bond acceptors (Lipinski definition) is 3. The molecular formula is C18H30N2O. The SMILES string of the molecule is CCN1CCC(C(C)NCCc2ccccc2OC)CC1. The molecule has 1 unspecified atom stereocenters. The van der Waals surface area contributed by atoms with Gasteiger partial charge < -0.3 is 15.0 Å². The van der Waals surface area contributed by atoms with Crippen molar-refractivity contribution in [2.45, 2.75) is 39.2 Å². The zero-order valence-electron chi connectivity index (χ0n) is 13.8. The molecule has 1 aliphatic heterocycles. The van der Waals surface area contributed by atoms with Crippen LogP contribution < -0.4 is 10.1 Å². The third-order valence-corrected chi connectivity index (χ3v) is 4.84. The first-order valence-electron chi connectivity index (χ1n) is 8.32. The second kappa shape index (κ2) is 8.40. The van der Waals surface area contributed by atoms with Crippen LogP contribution in [0.5, 0.6) is 5.75 Å². The van der Waals surface area contributed by atoms with Gasteiger partial charge in [0.25, 0.3) is 0 Å². The van der Waals surface area contributed by atoms with E-state index in [-0.39, 0.29) is 0 Å². The number of methoxy groups -OCH3 is 1. The molecule has 118 valence electrons. The maximum atomic E-state index is 5.41. The number of hydrogen-bond donors (Lipinski definition) is 1. The number of benzene rings is 1. The van der Waals surface area contributed by atoms with Gasteiger partial charge in [0, 0.05) is 6.04 Å². The highest BCUT2D eigenvalue weighted by Gasteiger charge is 2.22. The highest BCUT2D eigenvalue weighted by Crippen LogP contribution is 2.21. The molecule has 1 fully saturated rings. The molecule has 1 aromatic rings. The van der Waals surface area contributed by atoms with E-state index in [0.717, 1.165) is 24.6 Å². The molecule has 3 heteroatoms. The van der Waals surface area contributed by atoms with E-state index in [4.69, 9.17) is 4.74 Å². The summed E-state index contributed by atoms with van der Waals surface area (Å²) < 4.78 is 5.41. The number of piperidine rings is 1. The Hall–Kier alpha value is -1.06. The van der Waals surface area contributed by atoms with Crippen molar-refractivity contribution < 1.29 is 4.74 Å². The lowest BCUT2D eigenvalue weighted by Gasteiger charge is -2.34. The van der Waals surface area contributed by atoms with Crippen LogP contribution in [0, 0.1) is 5.92 Å². The molecule has 0 amide bonds. The van der Waals surface area contributed by atoms with Gasteiger partial charge in [-0.25, -0.2) is 0 Å². The average molecular weight is 290 g/mol. The minimum atomic E-state index is 0.610. The van der Waals surface area contributed by atoms with Gasteiger partial charge in [0.2, 0.25) is 0 Å². The smallest absolute Gasteiger partial charge is 0.122 e. The summed E-state index contributed by atoms with van der Waals surface area (Å²) in [4.78, 5) is 2.55. The second-order valence-corrected chi connectivity index (χ2v) is 6.08. The quantitative estimate of drug-likeness (QED) is 0.835. The third kappa shape index (κ3) is 4.72. The third-order valence-electron chi connectivity index (χ3n) is 4.84. The van der Waals surface area contributed by atoms with Crippen molar-refractivity contribution in [1.82, 2.24) is 10.2 Å². The molecule has 0 saturated carbocycles. The number of nitrogens with zero attached hydrogens (tertiary/aromatic N) is 1. The Labute approximate surface area is 129 Å². The minimum Gasteiger partial charge on any atom is -0.496 e. The van der Waals surface area contributed by atoms with Gasteiger partial charge in [0.15, 0.2) is 0 Å². The van der Waals surface area contributed by atoms with Gasteiger partial charge in [0.1, 0.15) is 5.75 Å². The normalized spacial score (nSPS) is 18.6. The van der Waals surface area contributed by atoms with E-state index in [9.17, 15) is 0 Å². The highest BCUT2D eigenvalue weighted by atomic mass is 16.5. The molecule has 1 saturated heterocycles. The van der Waals surface area contributed by atoms with Gasteiger partial charge in [0.05, 0.1) is 7.11 Å². The van der Waals surface area contributed by atoms with Crippen LogP contribution in [-0.4, -0.2) is 44.2 Å². The first-order chi connectivity index (χ1) is 10.2. The van der Waals surface area contributed by atoms with Crippen LogP contribution in [0.1, 0.15) is 32.3 Å². The van der Waals surface area contributed by atoms with Crippen LogP contribution >= 0.6 is 0 Å². The van der Waals surface area contributed by atoms with Gasteiger partial charge in [-0.15, -0.1) is 0 Å². The van der Waals surface area contributed by atoms with Crippen molar-refractivity contribution in [2.24, 2.45) is 5.92 Å². The van der Waals surface area contributed by atoms with Crippen molar-refractivity contribution in [3.05, 3.63) is 29.8 Å². The fourth-order valence-corrected chi connectivity index (χ4v) is 3.28. The van der Waals surface area contributed by atoms with E-state index in [1.54, 1.807) is 7.11 Å². The second-order valence-electron chi connectivity index (χ2n) is 6.08. The first-order valence-corrected chi connectivity index (χ1v) is 8.32. The largest absolute Gasteiger partial charge is 0.496 e. The number of nitrogens with one attached hydrogen (secondary N) is 1. The van der Waals surface area contributed by atoms with E-state index >= 15 is 0 Å². The molecule has 1 N–H and O–H groups in total. The Morgan fingerprint density at radius 2 is 2.00 bits per heavy atom. The Bertz CT molecular complexity index is 413. The van der Waals surface area contributed by atoms with E-state index in [1.807, 2.05) is 12.1 Å². The Morgan fingerprint density at radius 1 is 1.29 bits per heavy atom. The summed E-state index contributed by atoms with van der Waals surface area (Å²) in [6.07, 6.45) is 3.69. The van der Waals surface area contributed by atoms with Crippen LogP contribution in [0.4, 0.5) is 0 Å². The summed E-state index contributed by atoms with van der Waals surface area (Å²) in [6, 6.07) is 8.92. The zero-order valence-corrected chi connectivity index (χ0v) is 13.8. The van der Waals surface area contributed by atoms with Crippen LogP contribution in [0.25, 0.3) is 0 Å². The van der Waals surface area contributed by atoms with E-state index in [0.29, 0.717) is 6.04 Å². The number of likely N-dealkylation sites (tertiary alicyclic amines) is 1. The first kappa shape index (κ1) is 16.3. The van der Waals surface area contributed by atoms with Crippen LogP contribution in [0.2, 0.25) is 0 Å². The zero-order chi connectivity index (χ0) is 15.1. The van der Waals surface area contributed by atoms with Crippen LogP contribution in [-0.2, 0) is 6.42 Å². The number of ether oxygens (including phenoxy) is 1. The number of rotatable bonds is 7. The lowest BCUT2D eigenvalue weighted by molar-refractivity contribution is 0.169. The lowest BCUT2D eigenvalue weighted by Crippen LogP contribution is -2.42. The van der Waals surface area contributed by atoms with E-state index in [2.05, 4.69) is 36.2 Å². The van der Waals surface area contributed by atoms with Gasteiger partial charge in [-0.3, -0.25) is 0 Å². The lowest BCUT2D eigenvalue weighted by atomic mass is 9.90. The maximum absolute atomic E-state index is 5.41. The van der Waals surface area contributed by atoms with Crippen molar-refractivity contribution in [3.63, 3.8) is 0 Å². The van der Waals surface area contributed by atoms with Crippen molar-refractivity contribution in [1.29, 1.82) is 0 Å². The van der Waals surface area contributed by atoms with Gasteiger partial charge in [-0.05, 0) is 69.9 Å². The predicted molar refractivity (Wildman–Crippen MR) is 89.0 cm³/mol. The molecule has 1 aromatic carbocycles. The molecule has 21 heavy (non-hydrogen) atoms. The molecule has 1 aliphatic rings. The maximum Gasteiger partial charge on any atom is 0.122 e. The highest BCUT2D eigenvalue weighted by molar-refractivity contribution is 5.33. The summed E-state index contributed by atoms with van der Waals surface area (Å²) in [6.45, 7) is 9.35. The fourth-order valence-electron chi connectivity index (χ4n) is 3.28. The molecule has 2 rings (SSSR count). The predicted octanol–water partition coefficient (Wildman–Crippen LogP) is 2.95. The number of para-hydroxylation sites is 1.